The summed E-state index contributed by atoms with van der Waals surface area (Å²) in [6, 6.07) is 18.9. The minimum atomic E-state index is -0.648. The smallest absolute Gasteiger partial charge is 0.246 e. The van der Waals surface area contributed by atoms with Crippen LogP contribution >= 0.6 is 0 Å². The molecule has 9 heteroatoms. The maximum absolute atomic E-state index is 13.0. The standard InChI is InChI=1S/C29H33N7O2/c1-17-11-18(2)14-22(13-17)31-28-34-27(35-29(36-28)32-23-15-19(3)12-20(4)16-23)30-21(5)26(37)33-24-9-7-8-10-25(24)38-6/h7-16,21H,1-6H3,(H,33,37)(H3,30,31,32,34,35,36). The molecule has 4 aromatic rings. The summed E-state index contributed by atoms with van der Waals surface area (Å²) in [5.74, 6) is 1.26. The Kier molecular flexibility index (Phi) is 8.06. The molecule has 1 unspecified atom stereocenters. The van der Waals surface area contributed by atoms with Gasteiger partial charge in [0.05, 0.1) is 12.8 Å². The number of ether oxygens (including phenoxy) is 1. The van der Waals surface area contributed by atoms with Gasteiger partial charge in [-0.05, 0) is 93.3 Å². The average Bonchev–Trinajstić information content (AvgIpc) is 2.83. The molecule has 0 radical (unpaired) electrons. The fourth-order valence-corrected chi connectivity index (χ4v) is 4.15. The van der Waals surface area contributed by atoms with Gasteiger partial charge in [-0.1, -0.05) is 24.3 Å². The fraction of sp³-hybridized carbons (Fsp3) is 0.241. The van der Waals surface area contributed by atoms with Gasteiger partial charge in [0, 0.05) is 11.4 Å². The molecule has 38 heavy (non-hydrogen) atoms. The van der Waals surface area contributed by atoms with E-state index in [4.69, 9.17) is 4.74 Å². The Labute approximate surface area is 223 Å². The molecule has 0 saturated heterocycles. The summed E-state index contributed by atoms with van der Waals surface area (Å²) in [6.07, 6.45) is 0. The summed E-state index contributed by atoms with van der Waals surface area (Å²) in [5.41, 5.74) is 6.78. The molecule has 1 atom stereocenters. The summed E-state index contributed by atoms with van der Waals surface area (Å²) in [4.78, 5) is 26.6. The maximum Gasteiger partial charge on any atom is 0.246 e. The quantitative estimate of drug-likeness (QED) is 0.215. The molecule has 0 aliphatic carbocycles. The number of hydrogen-bond donors (Lipinski definition) is 4. The number of benzene rings is 3. The van der Waals surface area contributed by atoms with Gasteiger partial charge in [-0.15, -0.1) is 0 Å². The lowest BCUT2D eigenvalue weighted by atomic mass is 10.1. The number of para-hydroxylation sites is 2. The molecule has 1 aromatic heterocycles. The second-order valence-electron chi connectivity index (χ2n) is 9.36. The fourth-order valence-electron chi connectivity index (χ4n) is 4.15. The summed E-state index contributed by atoms with van der Waals surface area (Å²) < 4.78 is 5.34. The van der Waals surface area contributed by atoms with Crippen LogP contribution in [-0.2, 0) is 4.79 Å². The highest BCUT2D eigenvalue weighted by Gasteiger charge is 2.17. The lowest BCUT2D eigenvalue weighted by molar-refractivity contribution is -0.116. The number of carbonyl (C=O) groups excluding carboxylic acids is 1. The van der Waals surface area contributed by atoms with Crippen LogP contribution in [0.15, 0.2) is 60.7 Å². The molecule has 196 valence electrons. The van der Waals surface area contributed by atoms with Gasteiger partial charge < -0.3 is 26.0 Å². The average molecular weight is 512 g/mol. The second kappa shape index (κ2) is 11.6. The zero-order valence-corrected chi connectivity index (χ0v) is 22.5. The summed E-state index contributed by atoms with van der Waals surface area (Å²) in [7, 11) is 1.56. The number of anilines is 6. The number of amides is 1. The Morgan fingerprint density at radius 1 is 0.737 bits per heavy atom. The van der Waals surface area contributed by atoms with E-state index in [1.54, 1.807) is 26.2 Å². The number of hydrogen-bond acceptors (Lipinski definition) is 8. The SMILES string of the molecule is COc1ccccc1NC(=O)C(C)Nc1nc(Nc2cc(C)cc(C)c2)nc(Nc2cc(C)cc(C)c2)n1. The predicted molar refractivity (Wildman–Crippen MR) is 153 cm³/mol. The third kappa shape index (κ3) is 6.97. The Hall–Kier alpha value is -4.66. The zero-order valence-electron chi connectivity index (χ0n) is 22.5. The van der Waals surface area contributed by atoms with Crippen LogP contribution in [0.25, 0.3) is 0 Å². The van der Waals surface area contributed by atoms with Crippen LogP contribution in [0.3, 0.4) is 0 Å². The van der Waals surface area contributed by atoms with Crippen LogP contribution in [0, 0.1) is 27.7 Å². The summed E-state index contributed by atoms with van der Waals surface area (Å²) in [6.45, 7) is 9.88. The first-order chi connectivity index (χ1) is 18.2. The molecule has 9 nitrogen and oxygen atoms in total. The van der Waals surface area contributed by atoms with Crippen LogP contribution in [-0.4, -0.2) is 34.0 Å². The molecule has 1 heterocycles. The highest BCUT2D eigenvalue weighted by atomic mass is 16.5. The Bertz CT molecular complexity index is 1340. The van der Waals surface area contributed by atoms with Crippen LogP contribution in [0.2, 0.25) is 0 Å². The van der Waals surface area contributed by atoms with Crippen molar-refractivity contribution >= 4 is 40.8 Å². The summed E-state index contributed by atoms with van der Waals surface area (Å²) in [5, 5.41) is 12.5. The van der Waals surface area contributed by atoms with Crippen molar-refractivity contribution in [1.82, 2.24) is 15.0 Å². The van der Waals surface area contributed by atoms with Crippen molar-refractivity contribution < 1.29 is 9.53 Å². The van der Waals surface area contributed by atoms with Crippen molar-refractivity contribution in [3.8, 4) is 5.75 Å². The molecule has 0 fully saturated rings. The lowest BCUT2D eigenvalue weighted by Crippen LogP contribution is -2.32. The van der Waals surface area contributed by atoms with Gasteiger partial charge >= 0.3 is 0 Å². The van der Waals surface area contributed by atoms with Crippen molar-refractivity contribution in [1.29, 1.82) is 0 Å². The molecule has 0 bridgehead atoms. The normalized spacial score (nSPS) is 11.4. The van der Waals surface area contributed by atoms with Crippen molar-refractivity contribution in [2.75, 3.05) is 28.4 Å². The number of carbonyl (C=O) groups is 1. The van der Waals surface area contributed by atoms with Gasteiger partial charge in [-0.2, -0.15) is 15.0 Å². The van der Waals surface area contributed by atoms with E-state index in [1.807, 2.05) is 64.1 Å². The van der Waals surface area contributed by atoms with E-state index in [1.165, 1.54) is 0 Å². The molecule has 3 aromatic carbocycles. The first kappa shape index (κ1) is 26.4. The third-order valence-corrected chi connectivity index (χ3v) is 5.69. The van der Waals surface area contributed by atoms with Gasteiger partial charge in [0.15, 0.2) is 0 Å². The van der Waals surface area contributed by atoms with Crippen molar-refractivity contribution in [2.24, 2.45) is 0 Å². The van der Waals surface area contributed by atoms with E-state index in [9.17, 15) is 4.79 Å². The van der Waals surface area contributed by atoms with Crippen LogP contribution < -0.4 is 26.0 Å². The Balaban J connectivity index is 1.60. The number of aryl methyl sites for hydroxylation is 4. The highest BCUT2D eigenvalue weighted by molar-refractivity contribution is 5.97. The predicted octanol–water partition coefficient (Wildman–Crippen LogP) is 6.04. The second-order valence-corrected chi connectivity index (χ2v) is 9.36. The Morgan fingerprint density at radius 2 is 1.21 bits per heavy atom. The van der Waals surface area contributed by atoms with E-state index < -0.39 is 6.04 Å². The van der Waals surface area contributed by atoms with E-state index in [2.05, 4.69) is 48.4 Å². The molecule has 0 spiro atoms. The van der Waals surface area contributed by atoms with E-state index in [0.717, 1.165) is 33.6 Å². The first-order valence-corrected chi connectivity index (χ1v) is 12.4. The molecule has 1 amide bonds. The Morgan fingerprint density at radius 3 is 1.71 bits per heavy atom. The number of methoxy groups -OCH3 is 1. The van der Waals surface area contributed by atoms with Crippen molar-refractivity contribution in [3.63, 3.8) is 0 Å². The zero-order chi connectivity index (χ0) is 27.2. The van der Waals surface area contributed by atoms with E-state index in [0.29, 0.717) is 23.3 Å². The van der Waals surface area contributed by atoms with E-state index in [-0.39, 0.29) is 11.9 Å². The molecule has 4 rings (SSSR count). The summed E-state index contributed by atoms with van der Waals surface area (Å²) >= 11 is 0. The number of nitrogens with one attached hydrogen (secondary N) is 4. The largest absolute Gasteiger partial charge is 0.495 e. The van der Waals surface area contributed by atoms with Gasteiger partial charge in [-0.3, -0.25) is 4.79 Å². The molecule has 4 N–H and O–H groups in total. The third-order valence-electron chi connectivity index (χ3n) is 5.69. The van der Waals surface area contributed by atoms with Crippen LogP contribution in [0.4, 0.5) is 34.9 Å². The highest BCUT2D eigenvalue weighted by Crippen LogP contribution is 2.24. The topological polar surface area (TPSA) is 113 Å². The minimum absolute atomic E-state index is 0.251. The van der Waals surface area contributed by atoms with E-state index >= 15 is 0 Å². The molecule has 0 saturated carbocycles. The maximum atomic E-state index is 13.0. The molecule has 0 aliphatic rings. The molecule has 0 aliphatic heterocycles. The van der Waals surface area contributed by atoms with Crippen LogP contribution in [0.5, 0.6) is 5.75 Å². The van der Waals surface area contributed by atoms with Gasteiger partial charge in [0.1, 0.15) is 11.8 Å². The van der Waals surface area contributed by atoms with Gasteiger partial charge in [-0.25, -0.2) is 0 Å². The van der Waals surface area contributed by atoms with Gasteiger partial charge in [0.25, 0.3) is 0 Å². The number of nitrogens with zero attached hydrogens (tertiary/aromatic N) is 3. The van der Waals surface area contributed by atoms with Crippen molar-refractivity contribution in [2.45, 2.75) is 40.7 Å². The lowest BCUT2D eigenvalue weighted by Gasteiger charge is -2.17. The number of rotatable bonds is 9. The van der Waals surface area contributed by atoms with Gasteiger partial charge in [0.2, 0.25) is 23.8 Å². The van der Waals surface area contributed by atoms with Crippen LogP contribution in [0.1, 0.15) is 29.2 Å². The molecular weight excluding hydrogens is 478 g/mol. The van der Waals surface area contributed by atoms with Crippen molar-refractivity contribution in [3.05, 3.63) is 82.9 Å². The number of aromatic nitrogens is 3. The monoisotopic (exact) mass is 511 g/mol. The molecular formula is C29H33N7O2. The minimum Gasteiger partial charge on any atom is -0.495 e. The first-order valence-electron chi connectivity index (χ1n) is 12.4.